The van der Waals surface area contributed by atoms with Crippen LogP contribution in [0.1, 0.15) is 17.5 Å². The minimum absolute atomic E-state index is 0.222. The van der Waals surface area contributed by atoms with Gasteiger partial charge in [0.2, 0.25) is 0 Å². The van der Waals surface area contributed by atoms with E-state index < -0.39 is 0 Å². The molecule has 2 heteroatoms. The predicted octanol–water partition coefficient (Wildman–Crippen LogP) is 3.45. The second kappa shape index (κ2) is 5.89. The summed E-state index contributed by atoms with van der Waals surface area (Å²) >= 11 is 0. The first-order chi connectivity index (χ1) is 9.40. The molecule has 98 valence electrons. The van der Waals surface area contributed by atoms with E-state index in [4.69, 9.17) is 9.47 Å². The molecule has 0 aliphatic carbocycles. The Morgan fingerprint density at radius 1 is 0.947 bits per heavy atom. The average Bonchev–Trinajstić information content (AvgIpc) is 2.95. The van der Waals surface area contributed by atoms with E-state index in [0.29, 0.717) is 6.61 Å². The molecule has 1 unspecified atom stereocenters. The van der Waals surface area contributed by atoms with E-state index in [2.05, 4.69) is 48.5 Å². The first-order valence-corrected chi connectivity index (χ1v) is 6.77. The van der Waals surface area contributed by atoms with Crippen LogP contribution >= 0.6 is 0 Å². The van der Waals surface area contributed by atoms with Crippen molar-refractivity contribution in [2.24, 2.45) is 0 Å². The molecule has 3 rings (SSSR count). The lowest BCUT2D eigenvalue weighted by Crippen LogP contribution is -2.15. The maximum absolute atomic E-state index is 5.86. The van der Waals surface area contributed by atoms with E-state index in [0.717, 1.165) is 25.2 Å². The molecule has 0 radical (unpaired) electrons. The number of hydrogen-bond acceptors (Lipinski definition) is 2. The fraction of sp³-hybridized carbons (Fsp3) is 0.294. The summed E-state index contributed by atoms with van der Waals surface area (Å²) in [5.74, 6) is 0.937. The van der Waals surface area contributed by atoms with Gasteiger partial charge >= 0.3 is 0 Å². The Labute approximate surface area is 114 Å². The molecule has 0 saturated carbocycles. The van der Waals surface area contributed by atoms with Crippen molar-refractivity contribution < 1.29 is 9.47 Å². The standard InChI is InChI=1S/C17H18O2/c1-2-4-14(5-3-1)12-15-6-8-16(9-7-15)19-17-10-11-18-13-17/h1-9,17H,10-13H2. The third kappa shape index (κ3) is 3.36. The van der Waals surface area contributed by atoms with Gasteiger partial charge in [-0.2, -0.15) is 0 Å². The van der Waals surface area contributed by atoms with E-state index in [1.165, 1.54) is 11.1 Å². The Morgan fingerprint density at radius 3 is 2.37 bits per heavy atom. The van der Waals surface area contributed by atoms with E-state index in [1.54, 1.807) is 0 Å². The zero-order valence-corrected chi connectivity index (χ0v) is 10.9. The first-order valence-electron chi connectivity index (χ1n) is 6.77. The van der Waals surface area contributed by atoms with Gasteiger partial charge in [-0.1, -0.05) is 42.5 Å². The predicted molar refractivity (Wildman–Crippen MR) is 75.5 cm³/mol. The Kier molecular flexibility index (Phi) is 3.80. The topological polar surface area (TPSA) is 18.5 Å². The van der Waals surface area contributed by atoms with Crippen LogP contribution in [0.5, 0.6) is 5.75 Å². The zero-order chi connectivity index (χ0) is 12.9. The minimum atomic E-state index is 0.222. The first kappa shape index (κ1) is 12.2. The Morgan fingerprint density at radius 2 is 1.68 bits per heavy atom. The van der Waals surface area contributed by atoms with Gasteiger partial charge < -0.3 is 9.47 Å². The molecule has 1 atom stereocenters. The number of rotatable bonds is 4. The highest BCUT2D eigenvalue weighted by atomic mass is 16.5. The van der Waals surface area contributed by atoms with Crippen LogP contribution in [0, 0.1) is 0 Å². The lowest BCUT2D eigenvalue weighted by Gasteiger charge is -2.12. The van der Waals surface area contributed by atoms with Crippen LogP contribution < -0.4 is 4.74 Å². The highest BCUT2D eigenvalue weighted by Crippen LogP contribution is 2.19. The highest BCUT2D eigenvalue weighted by molar-refractivity contribution is 5.31. The SMILES string of the molecule is c1ccc(Cc2ccc(OC3CCOC3)cc2)cc1. The molecule has 1 fully saturated rings. The Bertz CT molecular complexity index is 499. The summed E-state index contributed by atoms with van der Waals surface area (Å²) in [4.78, 5) is 0. The van der Waals surface area contributed by atoms with Crippen LogP contribution in [0.15, 0.2) is 54.6 Å². The quantitative estimate of drug-likeness (QED) is 0.832. The van der Waals surface area contributed by atoms with Gasteiger partial charge in [0.25, 0.3) is 0 Å². The molecule has 0 aromatic heterocycles. The van der Waals surface area contributed by atoms with Crippen molar-refractivity contribution >= 4 is 0 Å². The molecular weight excluding hydrogens is 236 g/mol. The molecule has 0 spiro atoms. The second-order valence-corrected chi connectivity index (χ2v) is 4.91. The molecule has 1 aliphatic rings. The molecule has 19 heavy (non-hydrogen) atoms. The molecule has 2 aromatic rings. The average molecular weight is 254 g/mol. The van der Waals surface area contributed by atoms with Crippen molar-refractivity contribution in [3.63, 3.8) is 0 Å². The Balaban J connectivity index is 1.62. The van der Waals surface area contributed by atoms with Gasteiger partial charge in [-0.3, -0.25) is 0 Å². The molecule has 2 nitrogen and oxygen atoms in total. The van der Waals surface area contributed by atoms with Crippen molar-refractivity contribution in [1.82, 2.24) is 0 Å². The molecular formula is C17H18O2. The smallest absolute Gasteiger partial charge is 0.124 e. The summed E-state index contributed by atoms with van der Waals surface area (Å²) in [5, 5.41) is 0. The van der Waals surface area contributed by atoms with Crippen LogP contribution in [-0.2, 0) is 11.2 Å². The van der Waals surface area contributed by atoms with Gasteiger partial charge in [0.1, 0.15) is 11.9 Å². The van der Waals surface area contributed by atoms with Crippen LogP contribution in [0.3, 0.4) is 0 Å². The van der Waals surface area contributed by atoms with Gasteiger partial charge in [0, 0.05) is 6.42 Å². The minimum Gasteiger partial charge on any atom is -0.488 e. The maximum atomic E-state index is 5.86. The normalized spacial score (nSPS) is 18.4. The fourth-order valence-corrected chi connectivity index (χ4v) is 2.32. The Hall–Kier alpha value is -1.80. The summed E-state index contributed by atoms with van der Waals surface area (Å²) in [5.41, 5.74) is 2.64. The molecule has 1 saturated heterocycles. The van der Waals surface area contributed by atoms with Gasteiger partial charge in [-0.05, 0) is 29.7 Å². The van der Waals surface area contributed by atoms with Crippen LogP contribution in [0.4, 0.5) is 0 Å². The van der Waals surface area contributed by atoms with Crippen molar-refractivity contribution in [1.29, 1.82) is 0 Å². The summed E-state index contributed by atoms with van der Waals surface area (Å²) in [6.45, 7) is 1.53. The molecule has 0 bridgehead atoms. The summed E-state index contributed by atoms with van der Waals surface area (Å²) < 4.78 is 11.2. The van der Waals surface area contributed by atoms with Crippen LogP contribution in [0.25, 0.3) is 0 Å². The van der Waals surface area contributed by atoms with Crippen molar-refractivity contribution in [2.45, 2.75) is 18.9 Å². The summed E-state index contributed by atoms with van der Waals surface area (Å²) in [6, 6.07) is 18.9. The highest BCUT2D eigenvalue weighted by Gasteiger charge is 2.16. The van der Waals surface area contributed by atoms with E-state index in [9.17, 15) is 0 Å². The number of hydrogen-bond donors (Lipinski definition) is 0. The third-order valence-corrected chi connectivity index (χ3v) is 3.37. The summed E-state index contributed by atoms with van der Waals surface area (Å²) in [6.07, 6.45) is 2.18. The maximum Gasteiger partial charge on any atom is 0.124 e. The molecule has 0 amide bonds. The van der Waals surface area contributed by atoms with E-state index >= 15 is 0 Å². The van der Waals surface area contributed by atoms with Crippen LogP contribution in [0.2, 0.25) is 0 Å². The van der Waals surface area contributed by atoms with Crippen molar-refractivity contribution in [2.75, 3.05) is 13.2 Å². The number of ether oxygens (including phenoxy) is 2. The monoisotopic (exact) mass is 254 g/mol. The van der Waals surface area contributed by atoms with Crippen molar-refractivity contribution in [3.8, 4) is 5.75 Å². The molecule has 0 N–H and O–H groups in total. The second-order valence-electron chi connectivity index (χ2n) is 4.91. The van der Waals surface area contributed by atoms with E-state index in [1.807, 2.05) is 6.07 Å². The molecule has 2 aromatic carbocycles. The van der Waals surface area contributed by atoms with Gasteiger partial charge in [0.15, 0.2) is 0 Å². The van der Waals surface area contributed by atoms with Gasteiger partial charge in [-0.25, -0.2) is 0 Å². The van der Waals surface area contributed by atoms with Gasteiger partial charge in [-0.15, -0.1) is 0 Å². The largest absolute Gasteiger partial charge is 0.488 e. The zero-order valence-electron chi connectivity index (χ0n) is 10.9. The molecule has 1 aliphatic heterocycles. The van der Waals surface area contributed by atoms with E-state index in [-0.39, 0.29) is 6.10 Å². The summed E-state index contributed by atoms with van der Waals surface area (Å²) in [7, 11) is 0. The lowest BCUT2D eigenvalue weighted by atomic mass is 10.1. The third-order valence-electron chi connectivity index (χ3n) is 3.37. The van der Waals surface area contributed by atoms with Crippen LogP contribution in [-0.4, -0.2) is 19.3 Å². The van der Waals surface area contributed by atoms with Crippen molar-refractivity contribution in [3.05, 3.63) is 65.7 Å². The number of benzene rings is 2. The molecule has 1 heterocycles. The van der Waals surface area contributed by atoms with Gasteiger partial charge in [0.05, 0.1) is 13.2 Å². The lowest BCUT2D eigenvalue weighted by molar-refractivity contribution is 0.141. The fourth-order valence-electron chi connectivity index (χ4n) is 2.32.